The van der Waals surface area contributed by atoms with E-state index in [1.54, 1.807) is 0 Å². The molecule has 0 aromatic heterocycles. The van der Waals surface area contributed by atoms with Crippen molar-refractivity contribution in [3.63, 3.8) is 0 Å². The molecule has 9 heteroatoms. The molecule has 0 bridgehead atoms. The average molecular weight is 333 g/mol. The molecule has 1 aromatic rings. The Bertz CT molecular complexity index is 686. The highest BCUT2D eigenvalue weighted by molar-refractivity contribution is 7.89. The smallest absolute Gasteiger partial charge is 0.339 e. The molecule has 1 aromatic carbocycles. The van der Waals surface area contributed by atoms with E-state index in [4.69, 9.17) is 5.11 Å². The number of carboxylic acids is 1. The lowest BCUT2D eigenvalue weighted by Gasteiger charge is -2.18. The molecular formula is C13H16FNO6S. The molecule has 1 rings (SSSR count). The number of methoxy groups -OCH3 is 1. The second kappa shape index (κ2) is 6.84. The van der Waals surface area contributed by atoms with E-state index in [-0.39, 0.29) is 0 Å². The van der Waals surface area contributed by atoms with Gasteiger partial charge in [-0.15, -0.1) is 0 Å². The lowest BCUT2D eigenvalue weighted by molar-refractivity contribution is -0.140. The number of esters is 1. The van der Waals surface area contributed by atoms with Crippen molar-refractivity contribution in [2.24, 2.45) is 5.92 Å². The quantitative estimate of drug-likeness (QED) is 0.752. The van der Waals surface area contributed by atoms with Crippen LogP contribution in [0.3, 0.4) is 0 Å². The fraction of sp³-hybridized carbons (Fsp3) is 0.385. The largest absolute Gasteiger partial charge is 0.480 e. The minimum absolute atomic E-state index is 0.511. The van der Waals surface area contributed by atoms with E-state index in [0.29, 0.717) is 6.07 Å². The van der Waals surface area contributed by atoms with Gasteiger partial charge in [-0.2, -0.15) is 4.72 Å². The summed E-state index contributed by atoms with van der Waals surface area (Å²) in [6.07, 6.45) is 0. The van der Waals surface area contributed by atoms with E-state index in [1.165, 1.54) is 13.8 Å². The second-order valence-corrected chi connectivity index (χ2v) is 6.50. The first-order valence-electron chi connectivity index (χ1n) is 6.23. The Morgan fingerprint density at radius 3 is 2.36 bits per heavy atom. The number of hydrogen-bond donors (Lipinski definition) is 2. The molecule has 0 amide bonds. The highest BCUT2D eigenvalue weighted by Gasteiger charge is 2.31. The number of carbonyl (C=O) groups is 2. The molecule has 22 heavy (non-hydrogen) atoms. The number of sulfonamides is 1. The Morgan fingerprint density at radius 1 is 1.32 bits per heavy atom. The van der Waals surface area contributed by atoms with Gasteiger partial charge in [-0.25, -0.2) is 17.6 Å². The topological polar surface area (TPSA) is 110 Å². The minimum Gasteiger partial charge on any atom is -0.480 e. The molecule has 0 fully saturated rings. The summed E-state index contributed by atoms with van der Waals surface area (Å²) >= 11 is 0. The highest BCUT2D eigenvalue weighted by atomic mass is 32.2. The molecule has 0 aliphatic heterocycles. The summed E-state index contributed by atoms with van der Waals surface area (Å²) in [5.74, 6) is -3.76. The Labute approximate surface area is 127 Å². The molecule has 2 N–H and O–H groups in total. The number of benzene rings is 1. The fourth-order valence-electron chi connectivity index (χ4n) is 1.71. The van der Waals surface area contributed by atoms with E-state index >= 15 is 0 Å². The van der Waals surface area contributed by atoms with Gasteiger partial charge in [-0.05, 0) is 24.1 Å². The Kier molecular flexibility index (Phi) is 5.61. The van der Waals surface area contributed by atoms with Crippen LogP contribution >= 0.6 is 0 Å². The summed E-state index contributed by atoms with van der Waals surface area (Å²) in [4.78, 5) is 22.1. The zero-order valence-corrected chi connectivity index (χ0v) is 13.0. The third kappa shape index (κ3) is 4.01. The van der Waals surface area contributed by atoms with Gasteiger partial charge in [0.15, 0.2) is 0 Å². The number of carboxylic acid groups (broad SMARTS) is 1. The van der Waals surface area contributed by atoms with Crippen molar-refractivity contribution < 1.29 is 32.2 Å². The molecule has 0 aliphatic rings. The SMILES string of the molecule is COC(=O)c1cc(F)ccc1S(=O)(=O)N[C@@H](C(=O)O)C(C)C. The third-order valence-corrected chi connectivity index (χ3v) is 4.35. The first-order chi connectivity index (χ1) is 10.1. The van der Waals surface area contributed by atoms with Crippen molar-refractivity contribution in [1.29, 1.82) is 0 Å². The maximum Gasteiger partial charge on any atom is 0.339 e. The lowest BCUT2D eigenvalue weighted by Crippen LogP contribution is -2.44. The zero-order valence-electron chi connectivity index (χ0n) is 12.2. The van der Waals surface area contributed by atoms with Crippen molar-refractivity contribution >= 4 is 22.0 Å². The summed E-state index contributed by atoms with van der Waals surface area (Å²) in [5.41, 5.74) is -0.511. The molecule has 0 radical (unpaired) electrons. The molecule has 1 atom stereocenters. The van der Waals surface area contributed by atoms with Crippen LogP contribution in [0.5, 0.6) is 0 Å². The standard InChI is InChI=1S/C13H16FNO6S/c1-7(2)11(12(16)17)15-22(19,20)10-5-4-8(14)6-9(10)13(18)21-3/h4-7,11,15H,1-3H3,(H,16,17)/t11-/m1/s1. The van der Waals surface area contributed by atoms with Gasteiger partial charge in [0.05, 0.1) is 17.6 Å². The Hall–Kier alpha value is -2.00. The average Bonchev–Trinajstić information content (AvgIpc) is 2.42. The van der Waals surface area contributed by atoms with Gasteiger partial charge < -0.3 is 9.84 Å². The van der Waals surface area contributed by atoms with Crippen molar-refractivity contribution in [3.8, 4) is 0 Å². The van der Waals surface area contributed by atoms with Crippen molar-refractivity contribution in [2.75, 3.05) is 7.11 Å². The van der Waals surface area contributed by atoms with Gasteiger partial charge in [0.2, 0.25) is 10.0 Å². The minimum atomic E-state index is -4.35. The molecule has 0 spiro atoms. The molecule has 0 heterocycles. The predicted octanol–water partition coefficient (Wildman–Crippen LogP) is 1.000. The second-order valence-electron chi connectivity index (χ2n) is 4.81. The van der Waals surface area contributed by atoms with Gasteiger partial charge in [0.25, 0.3) is 0 Å². The maximum absolute atomic E-state index is 13.2. The summed E-state index contributed by atoms with van der Waals surface area (Å²) in [5, 5.41) is 9.04. The van der Waals surface area contributed by atoms with E-state index < -0.39 is 50.2 Å². The first-order valence-corrected chi connectivity index (χ1v) is 7.71. The summed E-state index contributed by atoms with van der Waals surface area (Å²) in [6.45, 7) is 3.04. The Morgan fingerprint density at radius 2 is 1.91 bits per heavy atom. The number of rotatable bonds is 6. The van der Waals surface area contributed by atoms with Gasteiger partial charge in [0, 0.05) is 0 Å². The van der Waals surface area contributed by atoms with E-state index in [1.807, 2.05) is 4.72 Å². The number of carbonyl (C=O) groups excluding carboxylic acids is 1. The van der Waals surface area contributed by atoms with Gasteiger partial charge in [-0.1, -0.05) is 13.8 Å². The van der Waals surface area contributed by atoms with Crippen LogP contribution in [0.2, 0.25) is 0 Å². The van der Waals surface area contributed by atoms with Crippen LogP contribution in [0.4, 0.5) is 4.39 Å². The van der Waals surface area contributed by atoms with Crippen molar-refractivity contribution in [2.45, 2.75) is 24.8 Å². The first kappa shape index (κ1) is 18.1. The fourth-order valence-corrected chi connectivity index (χ4v) is 3.22. The molecule has 7 nitrogen and oxygen atoms in total. The van der Waals surface area contributed by atoms with E-state index in [9.17, 15) is 22.4 Å². The van der Waals surface area contributed by atoms with Crippen LogP contribution in [0.1, 0.15) is 24.2 Å². The maximum atomic E-state index is 13.2. The van der Waals surface area contributed by atoms with Crippen LogP contribution in [0, 0.1) is 11.7 Å². The van der Waals surface area contributed by atoms with Crippen molar-refractivity contribution in [1.82, 2.24) is 4.72 Å². The normalized spacial score (nSPS) is 13.0. The number of hydrogen-bond acceptors (Lipinski definition) is 5. The van der Waals surface area contributed by atoms with Crippen LogP contribution in [0.25, 0.3) is 0 Å². The van der Waals surface area contributed by atoms with Crippen LogP contribution < -0.4 is 4.72 Å². The number of halogens is 1. The monoisotopic (exact) mass is 333 g/mol. The van der Waals surface area contributed by atoms with Gasteiger partial charge in [0.1, 0.15) is 11.9 Å². The lowest BCUT2D eigenvalue weighted by atomic mass is 10.1. The van der Waals surface area contributed by atoms with E-state index in [0.717, 1.165) is 19.2 Å². The van der Waals surface area contributed by atoms with Gasteiger partial charge >= 0.3 is 11.9 Å². The third-order valence-electron chi connectivity index (χ3n) is 2.85. The predicted molar refractivity (Wildman–Crippen MR) is 74.3 cm³/mol. The summed E-state index contributed by atoms with van der Waals surface area (Å²) in [6, 6.07) is 1.06. The summed E-state index contributed by atoms with van der Waals surface area (Å²) < 4.78 is 44.2. The van der Waals surface area contributed by atoms with Gasteiger partial charge in [-0.3, -0.25) is 4.79 Å². The number of aliphatic carboxylic acids is 1. The Balaban J connectivity index is 3.34. The van der Waals surface area contributed by atoms with Crippen LogP contribution in [-0.4, -0.2) is 38.6 Å². The zero-order chi connectivity index (χ0) is 17.1. The molecule has 122 valence electrons. The molecular weight excluding hydrogens is 317 g/mol. The van der Waals surface area contributed by atoms with Crippen LogP contribution in [-0.2, 0) is 19.6 Å². The number of ether oxygens (including phenoxy) is 1. The number of nitrogens with one attached hydrogen (secondary N) is 1. The molecule has 0 saturated heterocycles. The molecule has 0 aliphatic carbocycles. The highest BCUT2D eigenvalue weighted by Crippen LogP contribution is 2.19. The van der Waals surface area contributed by atoms with E-state index in [2.05, 4.69) is 4.74 Å². The van der Waals surface area contributed by atoms with Crippen LogP contribution in [0.15, 0.2) is 23.1 Å². The molecule has 0 unspecified atom stereocenters. The summed E-state index contributed by atoms with van der Waals surface area (Å²) in [7, 11) is -3.33. The van der Waals surface area contributed by atoms with Crippen molar-refractivity contribution in [3.05, 3.63) is 29.6 Å². The molecule has 0 saturated carbocycles.